The Bertz CT molecular complexity index is 534. The largest absolute Gasteiger partial charge is 0.305 e. The van der Waals surface area contributed by atoms with E-state index < -0.39 is 0 Å². The van der Waals surface area contributed by atoms with E-state index in [1.54, 1.807) is 22.5 Å². The predicted molar refractivity (Wildman–Crippen MR) is 80.5 cm³/mol. The monoisotopic (exact) mass is 272 g/mol. The van der Waals surface area contributed by atoms with Gasteiger partial charge in [-0.15, -0.1) is 11.3 Å². The molecule has 1 unspecified atom stereocenters. The van der Waals surface area contributed by atoms with E-state index in [4.69, 9.17) is 0 Å². The fourth-order valence-corrected chi connectivity index (χ4v) is 3.27. The van der Waals surface area contributed by atoms with E-state index in [0.29, 0.717) is 6.04 Å². The number of benzene rings is 1. The molecule has 0 radical (unpaired) electrons. The fourth-order valence-electron chi connectivity index (χ4n) is 2.72. The molecule has 0 saturated carbocycles. The molecule has 1 aromatic heterocycles. The Labute approximate surface area is 118 Å². The molecule has 0 amide bonds. The van der Waals surface area contributed by atoms with Gasteiger partial charge in [-0.2, -0.15) is 0 Å². The lowest BCUT2D eigenvalue weighted by atomic mass is 9.89. The van der Waals surface area contributed by atoms with Gasteiger partial charge in [0.25, 0.3) is 0 Å². The quantitative estimate of drug-likeness (QED) is 0.914. The molecule has 0 aliphatic heterocycles. The second-order valence-electron chi connectivity index (χ2n) is 5.31. The first kappa shape index (κ1) is 12.8. The molecule has 2 nitrogen and oxygen atoms in total. The molecule has 1 aliphatic carbocycles. The van der Waals surface area contributed by atoms with Crippen molar-refractivity contribution in [1.29, 1.82) is 0 Å². The summed E-state index contributed by atoms with van der Waals surface area (Å²) in [6.07, 6.45) is 7.16. The minimum Gasteiger partial charge on any atom is -0.305 e. The van der Waals surface area contributed by atoms with Gasteiger partial charge in [0.15, 0.2) is 0 Å². The molecule has 1 heterocycles. The molecule has 0 bridgehead atoms. The highest BCUT2D eigenvalue weighted by Gasteiger charge is 2.12. The molecule has 0 spiro atoms. The number of thiazole rings is 1. The van der Waals surface area contributed by atoms with Crippen molar-refractivity contribution < 1.29 is 0 Å². The molecular weight excluding hydrogens is 252 g/mol. The molecule has 2 aromatic rings. The van der Waals surface area contributed by atoms with E-state index >= 15 is 0 Å². The number of rotatable bonds is 4. The van der Waals surface area contributed by atoms with E-state index in [1.165, 1.54) is 36.1 Å². The van der Waals surface area contributed by atoms with E-state index in [2.05, 4.69) is 35.4 Å². The maximum atomic E-state index is 4.11. The molecule has 1 N–H and O–H groups in total. The first-order chi connectivity index (χ1) is 9.33. The summed E-state index contributed by atoms with van der Waals surface area (Å²) >= 11 is 1.71. The number of hydrogen-bond acceptors (Lipinski definition) is 3. The van der Waals surface area contributed by atoms with Crippen LogP contribution in [0.25, 0.3) is 0 Å². The number of aryl methyl sites for hydroxylation is 2. The summed E-state index contributed by atoms with van der Waals surface area (Å²) in [5.41, 5.74) is 6.42. The van der Waals surface area contributed by atoms with Crippen molar-refractivity contribution in [2.75, 3.05) is 0 Å². The normalized spacial score (nSPS) is 16.1. The van der Waals surface area contributed by atoms with Crippen LogP contribution in [-0.4, -0.2) is 4.98 Å². The van der Waals surface area contributed by atoms with Crippen LogP contribution in [0.15, 0.2) is 29.9 Å². The summed E-state index contributed by atoms with van der Waals surface area (Å²) in [6, 6.07) is 7.41. The number of nitrogens with zero attached hydrogens (tertiary/aromatic N) is 1. The van der Waals surface area contributed by atoms with Gasteiger partial charge in [0, 0.05) is 23.7 Å². The van der Waals surface area contributed by atoms with Crippen LogP contribution in [0.5, 0.6) is 0 Å². The maximum Gasteiger partial charge on any atom is 0.0794 e. The van der Waals surface area contributed by atoms with Crippen LogP contribution in [-0.2, 0) is 19.4 Å². The van der Waals surface area contributed by atoms with Crippen LogP contribution < -0.4 is 5.32 Å². The highest BCUT2D eigenvalue weighted by molar-refractivity contribution is 7.09. The number of nitrogens with one attached hydrogen (secondary N) is 1. The van der Waals surface area contributed by atoms with Gasteiger partial charge in [0.05, 0.1) is 5.51 Å². The molecule has 3 heteroatoms. The van der Waals surface area contributed by atoms with E-state index in [0.717, 1.165) is 6.54 Å². The van der Waals surface area contributed by atoms with Crippen molar-refractivity contribution in [3.05, 3.63) is 51.5 Å². The Morgan fingerprint density at radius 3 is 2.89 bits per heavy atom. The number of hydrogen-bond donors (Lipinski definition) is 1. The van der Waals surface area contributed by atoms with Crippen molar-refractivity contribution in [2.45, 2.75) is 45.2 Å². The second kappa shape index (κ2) is 5.85. The predicted octanol–water partition coefficient (Wildman–Crippen LogP) is 3.87. The highest BCUT2D eigenvalue weighted by atomic mass is 32.1. The van der Waals surface area contributed by atoms with Crippen molar-refractivity contribution in [3.8, 4) is 0 Å². The minimum atomic E-state index is 0.398. The summed E-state index contributed by atoms with van der Waals surface area (Å²) < 4.78 is 0. The van der Waals surface area contributed by atoms with Gasteiger partial charge < -0.3 is 5.32 Å². The molecular formula is C16H20N2S. The fraction of sp³-hybridized carbons (Fsp3) is 0.438. The summed E-state index contributed by atoms with van der Waals surface area (Å²) in [6.45, 7) is 3.15. The third-order valence-corrected chi connectivity index (χ3v) is 4.72. The van der Waals surface area contributed by atoms with Crippen molar-refractivity contribution in [3.63, 3.8) is 0 Å². The molecule has 1 aromatic carbocycles. The number of aromatic nitrogens is 1. The first-order valence-corrected chi connectivity index (χ1v) is 7.93. The van der Waals surface area contributed by atoms with Crippen LogP contribution >= 0.6 is 11.3 Å². The van der Waals surface area contributed by atoms with Crippen LogP contribution in [0.4, 0.5) is 0 Å². The Kier molecular flexibility index (Phi) is 3.95. The minimum absolute atomic E-state index is 0.398. The Morgan fingerprint density at radius 2 is 2.11 bits per heavy atom. The third kappa shape index (κ3) is 3.04. The van der Waals surface area contributed by atoms with E-state index in [9.17, 15) is 0 Å². The lowest BCUT2D eigenvalue weighted by molar-refractivity contribution is 0.576. The van der Waals surface area contributed by atoms with Crippen LogP contribution in [0.3, 0.4) is 0 Å². The zero-order valence-electron chi connectivity index (χ0n) is 11.4. The third-order valence-electron chi connectivity index (χ3n) is 3.94. The SMILES string of the molecule is CC(NCc1cncs1)c1ccc2c(c1)CCCC2. The average Bonchev–Trinajstić information content (AvgIpc) is 2.97. The maximum absolute atomic E-state index is 4.11. The second-order valence-corrected chi connectivity index (χ2v) is 6.28. The van der Waals surface area contributed by atoms with E-state index in [-0.39, 0.29) is 0 Å². The Hall–Kier alpha value is -1.19. The van der Waals surface area contributed by atoms with Gasteiger partial charge >= 0.3 is 0 Å². The van der Waals surface area contributed by atoms with Crippen molar-refractivity contribution >= 4 is 11.3 Å². The summed E-state index contributed by atoms with van der Waals surface area (Å²) in [7, 11) is 0. The standard InChI is InChI=1S/C16H20N2S/c1-12(18-10-16-9-17-11-19-16)14-7-6-13-4-2-3-5-15(13)8-14/h6-9,11-12,18H,2-5,10H2,1H3. The van der Waals surface area contributed by atoms with Gasteiger partial charge in [-0.1, -0.05) is 18.2 Å². The Balaban J connectivity index is 1.67. The first-order valence-electron chi connectivity index (χ1n) is 7.05. The molecule has 3 rings (SSSR count). The van der Waals surface area contributed by atoms with Gasteiger partial charge in [-0.25, -0.2) is 0 Å². The van der Waals surface area contributed by atoms with Crippen LogP contribution in [0, 0.1) is 0 Å². The zero-order valence-corrected chi connectivity index (χ0v) is 12.2. The highest BCUT2D eigenvalue weighted by Crippen LogP contribution is 2.25. The molecule has 19 heavy (non-hydrogen) atoms. The molecule has 0 fully saturated rings. The van der Waals surface area contributed by atoms with E-state index in [1.807, 2.05) is 11.7 Å². The van der Waals surface area contributed by atoms with Crippen molar-refractivity contribution in [2.24, 2.45) is 0 Å². The summed E-state index contributed by atoms with van der Waals surface area (Å²) in [4.78, 5) is 5.41. The average molecular weight is 272 g/mol. The topological polar surface area (TPSA) is 24.9 Å². The lowest BCUT2D eigenvalue weighted by Crippen LogP contribution is -2.18. The summed E-state index contributed by atoms with van der Waals surface area (Å²) in [5.74, 6) is 0. The molecule has 100 valence electrons. The molecule has 1 aliphatic rings. The lowest BCUT2D eigenvalue weighted by Gasteiger charge is -2.19. The smallest absolute Gasteiger partial charge is 0.0794 e. The number of fused-ring (bicyclic) bond motifs is 1. The van der Waals surface area contributed by atoms with Gasteiger partial charge in [0.2, 0.25) is 0 Å². The van der Waals surface area contributed by atoms with Gasteiger partial charge in [-0.3, -0.25) is 4.98 Å². The zero-order chi connectivity index (χ0) is 13.1. The van der Waals surface area contributed by atoms with Crippen LogP contribution in [0.2, 0.25) is 0 Å². The summed E-state index contributed by atoms with van der Waals surface area (Å²) in [5, 5.41) is 3.58. The molecule has 0 saturated heterocycles. The van der Waals surface area contributed by atoms with Gasteiger partial charge in [-0.05, 0) is 49.3 Å². The van der Waals surface area contributed by atoms with Gasteiger partial charge in [0.1, 0.15) is 0 Å². The van der Waals surface area contributed by atoms with Crippen molar-refractivity contribution in [1.82, 2.24) is 10.3 Å². The Morgan fingerprint density at radius 1 is 1.26 bits per heavy atom. The van der Waals surface area contributed by atoms with Crippen LogP contribution in [0.1, 0.15) is 47.4 Å². The molecule has 1 atom stereocenters.